The van der Waals surface area contributed by atoms with Crippen LogP contribution < -0.4 is 15.4 Å². The van der Waals surface area contributed by atoms with E-state index in [4.69, 9.17) is 4.74 Å². The number of hydrogen-bond donors (Lipinski definition) is 2. The maximum atomic E-state index is 11.2. The van der Waals surface area contributed by atoms with E-state index in [1.165, 1.54) is 0 Å². The first-order chi connectivity index (χ1) is 8.20. The van der Waals surface area contributed by atoms with Gasteiger partial charge in [0, 0.05) is 12.6 Å². The van der Waals surface area contributed by atoms with Gasteiger partial charge in [0.2, 0.25) is 0 Å². The molecule has 0 saturated heterocycles. The van der Waals surface area contributed by atoms with Crippen LogP contribution in [0.15, 0.2) is 30.9 Å². The Morgan fingerprint density at radius 2 is 2.47 bits per heavy atom. The molecule has 0 saturated carbocycles. The number of amides is 1. The Hall–Kier alpha value is -1.81. The van der Waals surface area contributed by atoms with Gasteiger partial charge in [-0.25, -0.2) is 0 Å². The molecule has 0 radical (unpaired) electrons. The molecule has 2 N–H and O–H groups in total. The molecule has 2 rings (SSSR count). The SMILES string of the molecule is C=CCNC(C)c1ccc2c(c1)NC(=O)CO2. The first-order valence-electron chi connectivity index (χ1n) is 5.61. The van der Waals surface area contributed by atoms with Crippen molar-refractivity contribution in [2.24, 2.45) is 0 Å². The van der Waals surface area contributed by atoms with Gasteiger partial charge in [0.1, 0.15) is 5.75 Å². The van der Waals surface area contributed by atoms with Crippen molar-refractivity contribution in [2.75, 3.05) is 18.5 Å². The number of carbonyl (C=O) groups excluding carboxylic acids is 1. The van der Waals surface area contributed by atoms with Crippen molar-refractivity contribution in [1.82, 2.24) is 5.32 Å². The van der Waals surface area contributed by atoms with Gasteiger partial charge in [0.25, 0.3) is 5.91 Å². The highest BCUT2D eigenvalue weighted by Crippen LogP contribution is 2.30. The van der Waals surface area contributed by atoms with Gasteiger partial charge in [0.05, 0.1) is 5.69 Å². The second-order valence-electron chi connectivity index (χ2n) is 4.01. The summed E-state index contributed by atoms with van der Waals surface area (Å²) in [5.41, 5.74) is 1.85. The van der Waals surface area contributed by atoms with Crippen LogP contribution >= 0.6 is 0 Å². The van der Waals surface area contributed by atoms with E-state index in [1.807, 2.05) is 24.3 Å². The predicted molar refractivity (Wildman–Crippen MR) is 67.2 cm³/mol. The van der Waals surface area contributed by atoms with Crippen molar-refractivity contribution >= 4 is 11.6 Å². The van der Waals surface area contributed by atoms with E-state index < -0.39 is 0 Å². The van der Waals surface area contributed by atoms with Crippen molar-refractivity contribution in [3.63, 3.8) is 0 Å². The van der Waals surface area contributed by atoms with Crippen molar-refractivity contribution in [2.45, 2.75) is 13.0 Å². The molecule has 4 heteroatoms. The molecule has 1 aliphatic heterocycles. The molecule has 1 atom stereocenters. The number of fused-ring (bicyclic) bond motifs is 1. The van der Waals surface area contributed by atoms with Crippen LogP contribution in [-0.2, 0) is 4.79 Å². The fraction of sp³-hybridized carbons (Fsp3) is 0.308. The third-order valence-electron chi connectivity index (χ3n) is 2.70. The van der Waals surface area contributed by atoms with Gasteiger partial charge in [-0.05, 0) is 24.6 Å². The lowest BCUT2D eigenvalue weighted by Crippen LogP contribution is -2.26. The molecule has 0 aliphatic carbocycles. The quantitative estimate of drug-likeness (QED) is 0.779. The Kier molecular flexibility index (Phi) is 3.44. The largest absolute Gasteiger partial charge is 0.482 e. The van der Waals surface area contributed by atoms with Gasteiger partial charge in [-0.2, -0.15) is 0 Å². The average Bonchev–Trinajstić information content (AvgIpc) is 2.35. The summed E-state index contributed by atoms with van der Waals surface area (Å²) in [5, 5.41) is 6.09. The molecule has 1 heterocycles. The second-order valence-corrected chi connectivity index (χ2v) is 4.01. The zero-order valence-electron chi connectivity index (χ0n) is 9.82. The van der Waals surface area contributed by atoms with Crippen molar-refractivity contribution in [1.29, 1.82) is 0 Å². The molecule has 0 fully saturated rings. The Bertz CT molecular complexity index is 443. The highest BCUT2D eigenvalue weighted by atomic mass is 16.5. The monoisotopic (exact) mass is 232 g/mol. The van der Waals surface area contributed by atoms with Gasteiger partial charge < -0.3 is 15.4 Å². The third-order valence-corrected chi connectivity index (χ3v) is 2.70. The molecule has 0 aromatic heterocycles. The molecule has 1 unspecified atom stereocenters. The van der Waals surface area contributed by atoms with Gasteiger partial charge in [-0.15, -0.1) is 6.58 Å². The zero-order valence-corrected chi connectivity index (χ0v) is 9.82. The minimum Gasteiger partial charge on any atom is -0.482 e. The Morgan fingerprint density at radius 1 is 1.65 bits per heavy atom. The van der Waals surface area contributed by atoms with Crippen LogP contribution in [0.2, 0.25) is 0 Å². The van der Waals surface area contributed by atoms with Crippen LogP contribution in [0.25, 0.3) is 0 Å². The third kappa shape index (κ3) is 2.65. The van der Waals surface area contributed by atoms with Crippen molar-refractivity contribution in [3.05, 3.63) is 36.4 Å². The molecular formula is C13H16N2O2. The smallest absolute Gasteiger partial charge is 0.262 e. The van der Waals surface area contributed by atoms with E-state index in [0.717, 1.165) is 23.5 Å². The van der Waals surface area contributed by atoms with Crippen LogP contribution in [-0.4, -0.2) is 19.1 Å². The van der Waals surface area contributed by atoms with Gasteiger partial charge in [-0.1, -0.05) is 12.1 Å². The summed E-state index contributed by atoms with van der Waals surface area (Å²) in [6.07, 6.45) is 1.82. The van der Waals surface area contributed by atoms with Gasteiger partial charge in [0.15, 0.2) is 6.61 Å². The predicted octanol–water partition coefficient (Wildman–Crippen LogP) is 1.85. The minimum absolute atomic E-state index is 0.0939. The number of carbonyl (C=O) groups is 1. The van der Waals surface area contributed by atoms with E-state index >= 15 is 0 Å². The molecule has 90 valence electrons. The lowest BCUT2D eigenvalue weighted by Gasteiger charge is -2.20. The lowest BCUT2D eigenvalue weighted by atomic mass is 10.1. The molecule has 0 spiro atoms. The van der Waals surface area contributed by atoms with Gasteiger partial charge >= 0.3 is 0 Å². The topological polar surface area (TPSA) is 50.4 Å². The van der Waals surface area contributed by atoms with Gasteiger partial charge in [-0.3, -0.25) is 4.79 Å². The summed E-state index contributed by atoms with van der Waals surface area (Å²) >= 11 is 0. The summed E-state index contributed by atoms with van der Waals surface area (Å²) in [6, 6.07) is 6.03. The summed E-state index contributed by atoms with van der Waals surface area (Å²) in [6.45, 7) is 6.58. The molecule has 1 aliphatic rings. The van der Waals surface area contributed by atoms with Crippen LogP contribution in [0.4, 0.5) is 5.69 Å². The summed E-state index contributed by atoms with van der Waals surface area (Å²) in [5.74, 6) is 0.616. The zero-order chi connectivity index (χ0) is 12.3. The number of ether oxygens (including phenoxy) is 1. The first-order valence-corrected chi connectivity index (χ1v) is 5.61. The van der Waals surface area contributed by atoms with Crippen LogP contribution in [0.5, 0.6) is 5.75 Å². The second kappa shape index (κ2) is 5.01. The average molecular weight is 232 g/mol. The van der Waals surface area contributed by atoms with E-state index in [-0.39, 0.29) is 18.6 Å². The molecule has 1 aromatic carbocycles. The fourth-order valence-corrected chi connectivity index (χ4v) is 1.75. The minimum atomic E-state index is -0.110. The normalized spacial score (nSPS) is 15.5. The van der Waals surface area contributed by atoms with Crippen LogP contribution in [0.3, 0.4) is 0 Å². The van der Waals surface area contributed by atoms with E-state index in [9.17, 15) is 4.79 Å². The number of benzene rings is 1. The summed E-state index contributed by atoms with van der Waals surface area (Å²) < 4.78 is 5.30. The molecule has 17 heavy (non-hydrogen) atoms. The van der Waals surface area contributed by atoms with Crippen LogP contribution in [0, 0.1) is 0 Å². The standard InChI is InChI=1S/C13H16N2O2/c1-3-6-14-9(2)10-4-5-12-11(7-10)15-13(16)8-17-12/h3-5,7,9,14H,1,6,8H2,2H3,(H,15,16). The highest BCUT2D eigenvalue weighted by Gasteiger charge is 2.17. The Labute approximate surface area is 101 Å². The molecule has 1 aromatic rings. The van der Waals surface area contributed by atoms with Crippen LogP contribution in [0.1, 0.15) is 18.5 Å². The molecule has 4 nitrogen and oxygen atoms in total. The number of nitrogens with one attached hydrogen (secondary N) is 2. The van der Waals surface area contributed by atoms with Crippen molar-refractivity contribution in [3.8, 4) is 5.75 Å². The fourth-order valence-electron chi connectivity index (χ4n) is 1.75. The van der Waals surface area contributed by atoms with Crippen molar-refractivity contribution < 1.29 is 9.53 Å². The number of anilines is 1. The Balaban J connectivity index is 2.17. The lowest BCUT2D eigenvalue weighted by molar-refractivity contribution is -0.118. The van der Waals surface area contributed by atoms with E-state index in [2.05, 4.69) is 24.1 Å². The maximum absolute atomic E-state index is 11.2. The summed E-state index contributed by atoms with van der Waals surface area (Å²) in [7, 11) is 0. The molecule has 0 bridgehead atoms. The van der Waals surface area contributed by atoms with E-state index in [1.54, 1.807) is 0 Å². The molecule has 1 amide bonds. The summed E-state index contributed by atoms with van der Waals surface area (Å²) in [4.78, 5) is 11.2. The Morgan fingerprint density at radius 3 is 3.24 bits per heavy atom. The first kappa shape index (κ1) is 11.7. The number of rotatable bonds is 4. The number of hydrogen-bond acceptors (Lipinski definition) is 3. The maximum Gasteiger partial charge on any atom is 0.262 e. The highest BCUT2D eigenvalue weighted by molar-refractivity contribution is 5.95. The van der Waals surface area contributed by atoms with E-state index in [0.29, 0.717) is 0 Å². The molecular weight excluding hydrogens is 216 g/mol.